The van der Waals surface area contributed by atoms with Gasteiger partial charge in [0.1, 0.15) is 0 Å². The fraction of sp³-hybridized carbons (Fsp3) is 1.00. The van der Waals surface area contributed by atoms with E-state index in [4.69, 9.17) is 0 Å². The van der Waals surface area contributed by atoms with Gasteiger partial charge in [-0.1, -0.05) is 49.3 Å². The zero-order valence-electron chi connectivity index (χ0n) is 13.6. The highest BCUT2D eigenvalue weighted by atomic mass is 127. The van der Waals surface area contributed by atoms with Crippen LogP contribution in [0.3, 0.4) is 0 Å². The molecule has 156 valence electrons. The summed E-state index contributed by atoms with van der Waals surface area (Å²) in [6, 6.07) is 0. The molecule has 1 rings (SSSR count). The van der Waals surface area contributed by atoms with Gasteiger partial charge in [-0.05, 0) is 12.8 Å². The molecule has 0 radical (unpaired) electrons. The maximum atomic E-state index is 14.8. The molecular weight excluding hydrogens is 504 g/mol. The van der Waals surface area contributed by atoms with Gasteiger partial charge in [0.15, 0.2) is 0 Å². The summed E-state index contributed by atoms with van der Waals surface area (Å²) >= 11 is 1.26. The maximum Gasteiger partial charge on any atom is 0.384 e. The van der Waals surface area contributed by atoms with Crippen LogP contribution < -0.4 is 0 Å². The standard InChI is InChI=1S/C14H16F11I/c1-3-5-6-8(26,4-2)7-9(15)10(16,17)12(20,21)14(24,25)13(22,23)11(9,18)19/h3-7H2,1-2H3. The average Bonchev–Trinajstić information content (AvgIpc) is 2.50. The van der Waals surface area contributed by atoms with Crippen molar-refractivity contribution in [2.24, 2.45) is 0 Å². The zero-order chi connectivity index (χ0) is 21.0. The molecular formula is C14H16F11I. The summed E-state index contributed by atoms with van der Waals surface area (Å²) in [6.45, 7) is 2.83. The second-order valence-electron chi connectivity index (χ2n) is 6.46. The highest BCUT2D eigenvalue weighted by Gasteiger charge is 3.01. The molecule has 0 aromatic heterocycles. The minimum Gasteiger partial charge on any atom is -0.230 e. The van der Waals surface area contributed by atoms with E-state index < -0.39 is 45.1 Å². The quantitative estimate of drug-likeness (QED) is 0.200. The van der Waals surface area contributed by atoms with E-state index in [-0.39, 0.29) is 19.3 Å². The van der Waals surface area contributed by atoms with Gasteiger partial charge in [0.2, 0.25) is 0 Å². The first-order chi connectivity index (χ1) is 11.3. The number of hydrogen-bond acceptors (Lipinski definition) is 0. The van der Waals surface area contributed by atoms with Crippen LogP contribution in [0.5, 0.6) is 0 Å². The molecule has 0 amide bonds. The molecule has 0 aliphatic heterocycles. The number of halogens is 12. The molecule has 1 unspecified atom stereocenters. The SMILES string of the molecule is CCCCC(I)(CC)CC1(F)C(F)(F)C(F)(F)C(F)(F)C(F)(F)C1(F)F. The summed E-state index contributed by atoms with van der Waals surface area (Å²) in [4.78, 5) is 0. The summed E-state index contributed by atoms with van der Waals surface area (Å²) in [7, 11) is 0. The van der Waals surface area contributed by atoms with E-state index in [1.165, 1.54) is 29.5 Å². The summed E-state index contributed by atoms with van der Waals surface area (Å²) in [6.07, 6.45) is -2.11. The first-order valence-corrected chi connectivity index (χ1v) is 8.67. The Kier molecular flexibility index (Phi) is 6.00. The monoisotopic (exact) mass is 520 g/mol. The summed E-state index contributed by atoms with van der Waals surface area (Å²) in [5.41, 5.74) is -5.88. The van der Waals surface area contributed by atoms with E-state index in [2.05, 4.69) is 0 Å². The first-order valence-electron chi connectivity index (χ1n) is 7.60. The van der Waals surface area contributed by atoms with Gasteiger partial charge in [-0.25, -0.2) is 4.39 Å². The zero-order valence-corrected chi connectivity index (χ0v) is 15.7. The van der Waals surface area contributed by atoms with Gasteiger partial charge in [-0.15, -0.1) is 0 Å². The molecule has 0 saturated heterocycles. The van der Waals surface area contributed by atoms with Crippen molar-refractivity contribution < 1.29 is 48.3 Å². The third-order valence-corrected chi connectivity index (χ3v) is 6.43. The van der Waals surface area contributed by atoms with Crippen LogP contribution in [-0.2, 0) is 0 Å². The average molecular weight is 520 g/mol. The van der Waals surface area contributed by atoms with E-state index in [1.807, 2.05) is 0 Å². The largest absolute Gasteiger partial charge is 0.384 e. The second-order valence-corrected chi connectivity index (χ2v) is 8.75. The molecule has 1 aliphatic rings. The van der Waals surface area contributed by atoms with E-state index in [0.717, 1.165) is 0 Å². The van der Waals surface area contributed by atoms with Crippen LogP contribution in [0.15, 0.2) is 0 Å². The van der Waals surface area contributed by atoms with E-state index in [9.17, 15) is 48.3 Å². The van der Waals surface area contributed by atoms with Crippen molar-refractivity contribution >= 4 is 22.6 Å². The molecule has 0 N–H and O–H groups in total. The fourth-order valence-electron chi connectivity index (χ4n) is 2.83. The van der Waals surface area contributed by atoms with Gasteiger partial charge < -0.3 is 0 Å². The molecule has 1 fully saturated rings. The van der Waals surface area contributed by atoms with Crippen LogP contribution in [-0.4, -0.2) is 38.7 Å². The van der Waals surface area contributed by atoms with Crippen LogP contribution in [0.25, 0.3) is 0 Å². The van der Waals surface area contributed by atoms with E-state index in [0.29, 0.717) is 6.42 Å². The Bertz CT molecular complexity index is 501. The number of alkyl halides is 12. The Labute approximate surface area is 156 Å². The maximum absolute atomic E-state index is 14.8. The van der Waals surface area contributed by atoms with Crippen molar-refractivity contribution in [3.63, 3.8) is 0 Å². The molecule has 0 bridgehead atoms. The second kappa shape index (κ2) is 6.50. The number of unbranched alkanes of at least 4 members (excludes halogenated alkanes) is 1. The predicted octanol–water partition coefficient (Wildman–Crippen LogP) is 7.05. The number of hydrogen-bond donors (Lipinski definition) is 0. The Morgan fingerprint density at radius 3 is 1.31 bits per heavy atom. The molecule has 0 aromatic rings. The Morgan fingerprint density at radius 2 is 1.00 bits per heavy atom. The van der Waals surface area contributed by atoms with Crippen molar-refractivity contribution in [3.05, 3.63) is 0 Å². The smallest absolute Gasteiger partial charge is 0.230 e. The molecule has 1 aliphatic carbocycles. The van der Waals surface area contributed by atoms with Crippen LogP contribution >= 0.6 is 22.6 Å². The Balaban J connectivity index is 3.65. The van der Waals surface area contributed by atoms with Gasteiger partial charge in [-0.2, -0.15) is 43.9 Å². The molecule has 1 atom stereocenters. The molecule has 0 aromatic carbocycles. The lowest BCUT2D eigenvalue weighted by Gasteiger charge is -2.54. The lowest BCUT2D eigenvalue weighted by Crippen LogP contribution is -2.84. The third kappa shape index (κ3) is 2.73. The highest BCUT2D eigenvalue weighted by molar-refractivity contribution is 14.1. The van der Waals surface area contributed by atoms with Crippen molar-refractivity contribution in [1.82, 2.24) is 0 Å². The van der Waals surface area contributed by atoms with Crippen LogP contribution in [0.2, 0.25) is 0 Å². The Morgan fingerprint density at radius 1 is 0.654 bits per heavy atom. The topological polar surface area (TPSA) is 0 Å². The molecule has 0 nitrogen and oxygen atoms in total. The van der Waals surface area contributed by atoms with Crippen LogP contribution in [0, 0.1) is 0 Å². The molecule has 0 spiro atoms. The molecule has 12 heteroatoms. The van der Waals surface area contributed by atoms with Gasteiger partial charge >= 0.3 is 29.6 Å². The normalized spacial score (nSPS) is 29.8. The fourth-order valence-corrected chi connectivity index (χ4v) is 3.74. The van der Waals surface area contributed by atoms with Gasteiger partial charge in [0.25, 0.3) is 5.67 Å². The number of rotatable bonds is 6. The summed E-state index contributed by atoms with van der Waals surface area (Å²) in [5, 5.41) is 0. The lowest BCUT2D eigenvalue weighted by molar-refractivity contribution is -0.486. The third-order valence-electron chi connectivity index (χ3n) is 4.75. The molecule has 26 heavy (non-hydrogen) atoms. The molecule has 0 heterocycles. The van der Waals surface area contributed by atoms with Crippen molar-refractivity contribution in [2.75, 3.05) is 0 Å². The van der Waals surface area contributed by atoms with Gasteiger partial charge in [0.05, 0.1) is 0 Å². The van der Waals surface area contributed by atoms with E-state index in [1.54, 1.807) is 6.92 Å². The summed E-state index contributed by atoms with van der Waals surface area (Å²) < 4.78 is 149. The van der Waals surface area contributed by atoms with Crippen LogP contribution in [0.4, 0.5) is 48.3 Å². The minimum absolute atomic E-state index is 0.174. The van der Waals surface area contributed by atoms with Crippen molar-refractivity contribution in [3.8, 4) is 0 Å². The predicted molar refractivity (Wildman–Crippen MR) is 79.8 cm³/mol. The lowest BCUT2D eigenvalue weighted by atomic mass is 9.68. The summed E-state index contributed by atoms with van der Waals surface area (Å²) in [5.74, 6) is -34.6. The van der Waals surface area contributed by atoms with Crippen LogP contribution in [0.1, 0.15) is 46.0 Å². The Hall–Kier alpha value is -0.0400. The highest BCUT2D eigenvalue weighted by Crippen LogP contribution is 2.71. The van der Waals surface area contributed by atoms with Gasteiger partial charge in [-0.3, -0.25) is 0 Å². The van der Waals surface area contributed by atoms with Crippen molar-refractivity contribution in [1.29, 1.82) is 0 Å². The molecule has 1 saturated carbocycles. The first kappa shape index (κ1) is 24.0. The van der Waals surface area contributed by atoms with Crippen molar-refractivity contribution in [2.45, 2.75) is 84.7 Å². The van der Waals surface area contributed by atoms with Gasteiger partial charge in [0, 0.05) is 9.84 Å². The van der Waals surface area contributed by atoms with E-state index >= 15 is 0 Å². The minimum atomic E-state index is -7.15.